The van der Waals surface area contributed by atoms with E-state index in [9.17, 15) is 4.79 Å². The van der Waals surface area contributed by atoms with Gasteiger partial charge in [0, 0.05) is 0 Å². The molecule has 0 saturated carbocycles. The van der Waals surface area contributed by atoms with E-state index < -0.39 is 0 Å². The van der Waals surface area contributed by atoms with Gasteiger partial charge in [0.25, 0.3) is 0 Å². The summed E-state index contributed by atoms with van der Waals surface area (Å²) in [5.41, 5.74) is 4.29. The van der Waals surface area contributed by atoms with Crippen molar-refractivity contribution in [3.8, 4) is 0 Å². The van der Waals surface area contributed by atoms with E-state index in [0.29, 0.717) is 6.54 Å². The topological polar surface area (TPSA) is 41.1 Å². The lowest BCUT2D eigenvalue weighted by Gasteiger charge is -2.21. The largest absolute Gasteiger partial charge is 0.374 e. The number of nitrogens with one attached hydrogen (secondary N) is 2. The van der Waals surface area contributed by atoms with Crippen LogP contribution >= 0.6 is 0 Å². The first-order valence-electron chi connectivity index (χ1n) is 5.32. The molecule has 15 heavy (non-hydrogen) atoms. The van der Waals surface area contributed by atoms with Gasteiger partial charge < -0.3 is 10.6 Å². The SMILES string of the molecule is CC.Cc1cc(C)c2c(c1)NC(=O)CN2. The molecule has 0 aromatic heterocycles. The molecule has 0 radical (unpaired) electrons. The highest BCUT2D eigenvalue weighted by Gasteiger charge is 2.15. The Balaban J connectivity index is 0.000000531. The highest BCUT2D eigenvalue weighted by Crippen LogP contribution is 2.29. The lowest BCUT2D eigenvalue weighted by atomic mass is 10.1. The van der Waals surface area contributed by atoms with Crippen molar-refractivity contribution in [1.82, 2.24) is 0 Å². The van der Waals surface area contributed by atoms with E-state index in [1.807, 2.05) is 33.8 Å². The lowest BCUT2D eigenvalue weighted by Crippen LogP contribution is -2.27. The van der Waals surface area contributed by atoms with Gasteiger partial charge in [0.05, 0.1) is 17.9 Å². The van der Waals surface area contributed by atoms with Crippen molar-refractivity contribution in [2.45, 2.75) is 27.7 Å². The Morgan fingerprint density at radius 3 is 2.53 bits per heavy atom. The van der Waals surface area contributed by atoms with Crippen LogP contribution in [0.5, 0.6) is 0 Å². The summed E-state index contributed by atoms with van der Waals surface area (Å²) < 4.78 is 0. The summed E-state index contributed by atoms with van der Waals surface area (Å²) in [5.74, 6) is 0.0255. The van der Waals surface area contributed by atoms with Crippen molar-refractivity contribution in [1.29, 1.82) is 0 Å². The van der Waals surface area contributed by atoms with E-state index in [0.717, 1.165) is 11.4 Å². The Bertz CT molecular complexity index is 372. The van der Waals surface area contributed by atoms with E-state index in [1.165, 1.54) is 11.1 Å². The third kappa shape index (κ3) is 2.49. The van der Waals surface area contributed by atoms with Crippen molar-refractivity contribution in [2.75, 3.05) is 17.2 Å². The van der Waals surface area contributed by atoms with Gasteiger partial charge in [-0.3, -0.25) is 4.79 Å². The maximum atomic E-state index is 11.1. The van der Waals surface area contributed by atoms with Crippen LogP contribution in [0.15, 0.2) is 12.1 Å². The summed E-state index contributed by atoms with van der Waals surface area (Å²) >= 11 is 0. The zero-order valence-corrected chi connectivity index (χ0v) is 9.77. The zero-order chi connectivity index (χ0) is 11.4. The van der Waals surface area contributed by atoms with Crippen molar-refractivity contribution >= 4 is 17.3 Å². The van der Waals surface area contributed by atoms with Crippen LogP contribution in [0.3, 0.4) is 0 Å². The third-order valence-corrected chi connectivity index (χ3v) is 2.18. The third-order valence-electron chi connectivity index (χ3n) is 2.18. The van der Waals surface area contributed by atoms with E-state index >= 15 is 0 Å². The van der Waals surface area contributed by atoms with E-state index in [-0.39, 0.29) is 5.91 Å². The first-order valence-corrected chi connectivity index (χ1v) is 5.32. The molecule has 1 aromatic carbocycles. The van der Waals surface area contributed by atoms with Crippen LogP contribution in [-0.4, -0.2) is 12.5 Å². The number of hydrogen-bond donors (Lipinski definition) is 2. The molecule has 0 atom stereocenters. The molecule has 0 fully saturated rings. The number of rotatable bonds is 0. The van der Waals surface area contributed by atoms with Gasteiger partial charge in [0.2, 0.25) is 5.91 Å². The van der Waals surface area contributed by atoms with Gasteiger partial charge in [-0.15, -0.1) is 0 Å². The van der Waals surface area contributed by atoms with Crippen LogP contribution in [0.2, 0.25) is 0 Å². The molecule has 0 unspecified atom stereocenters. The van der Waals surface area contributed by atoms with Crippen LogP contribution in [0.4, 0.5) is 11.4 Å². The molecule has 0 aliphatic carbocycles. The molecule has 1 aliphatic rings. The fourth-order valence-electron chi connectivity index (χ4n) is 1.66. The Labute approximate surface area is 90.9 Å². The van der Waals surface area contributed by atoms with Crippen molar-refractivity contribution in [3.05, 3.63) is 23.3 Å². The standard InChI is InChI=1S/C10H12N2O.C2H6/c1-6-3-7(2)10-8(4-6)12-9(13)5-11-10;1-2/h3-4,11H,5H2,1-2H3,(H,12,13);1-2H3. The van der Waals surface area contributed by atoms with Crippen LogP contribution in [-0.2, 0) is 4.79 Å². The highest BCUT2D eigenvalue weighted by molar-refractivity contribution is 6.01. The monoisotopic (exact) mass is 206 g/mol. The molecule has 3 heteroatoms. The van der Waals surface area contributed by atoms with E-state index in [2.05, 4.69) is 16.7 Å². The number of carbonyl (C=O) groups is 1. The van der Waals surface area contributed by atoms with Crippen molar-refractivity contribution in [3.63, 3.8) is 0 Å². The van der Waals surface area contributed by atoms with Gasteiger partial charge in [-0.25, -0.2) is 0 Å². The minimum atomic E-state index is 0.0255. The first kappa shape index (κ1) is 11.6. The molecule has 82 valence electrons. The lowest BCUT2D eigenvalue weighted by molar-refractivity contribution is -0.114. The second kappa shape index (κ2) is 4.82. The molecule has 0 bridgehead atoms. The summed E-state index contributed by atoms with van der Waals surface area (Å²) in [6, 6.07) is 4.08. The molecule has 0 spiro atoms. The molecule has 0 saturated heterocycles. The molecular formula is C12H18N2O. The number of hydrogen-bond acceptors (Lipinski definition) is 2. The van der Waals surface area contributed by atoms with Crippen LogP contribution in [0.25, 0.3) is 0 Å². The van der Waals surface area contributed by atoms with Gasteiger partial charge in [-0.05, 0) is 31.0 Å². The normalized spacial score (nSPS) is 12.9. The van der Waals surface area contributed by atoms with Crippen LogP contribution in [0, 0.1) is 13.8 Å². The Hall–Kier alpha value is -1.51. The van der Waals surface area contributed by atoms with Crippen molar-refractivity contribution in [2.24, 2.45) is 0 Å². The summed E-state index contributed by atoms with van der Waals surface area (Å²) in [4.78, 5) is 11.1. The average molecular weight is 206 g/mol. The minimum Gasteiger partial charge on any atom is -0.374 e. The van der Waals surface area contributed by atoms with Gasteiger partial charge in [-0.2, -0.15) is 0 Å². The van der Waals surface area contributed by atoms with Gasteiger partial charge in [-0.1, -0.05) is 19.9 Å². The van der Waals surface area contributed by atoms with Gasteiger partial charge >= 0.3 is 0 Å². The van der Waals surface area contributed by atoms with Gasteiger partial charge in [0.1, 0.15) is 0 Å². The van der Waals surface area contributed by atoms with Gasteiger partial charge in [0.15, 0.2) is 0 Å². The predicted octanol–water partition coefficient (Wildman–Crippen LogP) is 2.69. The maximum absolute atomic E-state index is 11.1. The van der Waals surface area contributed by atoms with E-state index in [1.54, 1.807) is 0 Å². The number of anilines is 2. The zero-order valence-electron chi connectivity index (χ0n) is 9.77. The summed E-state index contributed by atoms with van der Waals surface area (Å²) in [6.45, 7) is 8.43. The summed E-state index contributed by atoms with van der Waals surface area (Å²) in [6.07, 6.45) is 0. The molecule has 1 aliphatic heterocycles. The highest BCUT2D eigenvalue weighted by atomic mass is 16.2. The average Bonchev–Trinajstić information content (AvgIpc) is 2.19. The molecule has 1 heterocycles. The molecule has 1 aromatic rings. The first-order chi connectivity index (χ1) is 7.16. The summed E-state index contributed by atoms with van der Waals surface area (Å²) in [7, 11) is 0. The second-order valence-electron chi connectivity index (χ2n) is 3.41. The smallest absolute Gasteiger partial charge is 0.243 e. The Morgan fingerprint density at radius 2 is 1.87 bits per heavy atom. The Kier molecular flexibility index (Phi) is 3.72. The maximum Gasteiger partial charge on any atom is 0.243 e. The number of benzene rings is 1. The number of amides is 1. The molecule has 1 amide bonds. The minimum absolute atomic E-state index is 0.0255. The van der Waals surface area contributed by atoms with Crippen LogP contribution < -0.4 is 10.6 Å². The number of aryl methyl sites for hydroxylation is 2. The molecule has 2 rings (SSSR count). The fourth-order valence-corrected chi connectivity index (χ4v) is 1.66. The molecule has 2 N–H and O–H groups in total. The quantitative estimate of drug-likeness (QED) is 0.685. The second-order valence-corrected chi connectivity index (χ2v) is 3.41. The summed E-state index contributed by atoms with van der Waals surface area (Å²) in [5, 5.41) is 5.94. The van der Waals surface area contributed by atoms with Crippen molar-refractivity contribution < 1.29 is 4.79 Å². The molecule has 3 nitrogen and oxygen atoms in total. The predicted molar refractivity (Wildman–Crippen MR) is 64.4 cm³/mol. The fraction of sp³-hybridized carbons (Fsp3) is 0.417. The Morgan fingerprint density at radius 1 is 1.20 bits per heavy atom. The molecular weight excluding hydrogens is 188 g/mol. The number of fused-ring (bicyclic) bond motifs is 1. The van der Waals surface area contributed by atoms with Crippen LogP contribution in [0.1, 0.15) is 25.0 Å². The number of carbonyl (C=O) groups excluding carboxylic acids is 1. The van der Waals surface area contributed by atoms with E-state index in [4.69, 9.17) is 0 Å².